The maximum Gasteiger partial charge on any atom is 0.471 e. The number of hydrogen-bond acceptors (Lipinski definition) is 7. The summed E-state index contributed by atoms with van der Waals surface area (Å²) < 4.78 is 85.5. The molecule has 0 aliphatic heterocycles. The van der Waals surface area contributed by atoms with Crippen LogP contribution in [0.3, 0.4) is 0 Å². The zero-order chi connectivity index (χ0) is 24.8. The van der Waals surface area contributed by atoms with Crippen LogP contribution in [0.4, 0.5) is 24.5 Å². The summed E-state index contributed by atoms with van der Waals surface area (Å²) in [5.41, 5.74) is -0.187. The molecule has 1 amide bonds. The van der Waals surface area contributed by atoms with E-state index < -0.39 is 22.1 Å². The van der Waals surface area contributed by atoms with Gasteiger partial charge in [0.05, 0.1) is 50.8 Å². The van der Waals surface area contributed by atoms with Crippen molar-refractivity contribution in [2.45, 2.75) is 6.18 Å². The zero-order valence-electron chi connectivity index (χ0n) is 17.9. The Kier molecular flexibility index (Phi) is 8.03. The van der Waals surface area contributed by atoms with Crippen molar-refractivity contribution in [1.29, 1.82) is 0 Å². The number of carbonyl (C=O) groups excluding carboxylic acids is 1. The number of hydrogen-bond donors (Lipinski definition) is 2. The number of alkyl halides is 3. The largest absolute Gasteiger partial charge is 0.496 e. The number of benzene rings is 2. The fourth-order valence-electron chi connectivity index (χ4n) is 2.62. The summed E-state index contributed by atoms with van der Waals surface area (Å²) in [6.45, 7) is 0. The molecule has 2 aromatic rings. The molecule has 2 rings (SSSR count). The molecule has 0 atom stereocenters. The van der Waals surface area contributed by atoms with Crippen LogP contribution in [0.1, 0.15) is 5.56 Å². The first-order valence-corrected chi connectivity index (χ1v) is 10.6. The van der Waals surface area contributed by atoms with Gasteiger partial charge in [0.2, 0.25) is 0 Å². The second kappa shape index (κ2) is 10.3. The number of amides is 1. The number of anilines is 2. The number of methoxy groups -OCH3 is 4. The summed E-state index contributed by atoms with van der Waals surface area (Å²) in [6, 6.07) is 6.50. The van der Waals surface area contributed by atoms with E-state index in [4.69, 9.17) is 18.9 Å². The SMILES string of the molecule is COc1cc(OC)c(/C=C/S(=O)(=O)Nc2ccc(OC)c(NC(=O)C(F)(F)F)c2)c(OC)c1. The average molecular weight is 490 g/mol. The highest BCUT2D eigenvalue weighted by Crippen LogP contribution is 2.35. The van der Waals surface area contributed by atoms with E-state index in [9.17, 15) is 26.4 Å². The molecule has 180 valence electrons. The van der Waals surface area contributed by atoms with Crippen molar-refractivity contribution < 1.29 is 45.3 Å². The van der Waals surface area contributed by atoms with Gasteiger partial charge in [-0.05, 0) is 24.3 Å². The zero-order valence-corrected chi connectivity index (χ0v) is 18.8. The summed E-state index contributed by atoms with van der Waals surface area (Å²) in [6.07, 6.45) is -3.92. The van der Waals surface area contributed by atoms with E-state index in [1.807, 2.05) is 0 Å². The molecule has 0 aromatic heterocycles. The number of carbonyl (C=O) groups is 1. The molecule has 2 N–H and O–H groups in total. The molecule has 2 aromatic carbocycles. The van der Waals surface area contributed by atoms with Gasteiger partial charge >= 0.3 is 12.1 Å². The molecule has 0 fully saturated rings. The van der Waals surface area contributed by atoms with Gasteiger partial charge in [-0.15, -0.1) is 0 Å². The van der Waals surface area contributed by atoms with Crippen LogP contribution in [0.25, 0.3) is 6.08 Å². The number of ether oxygens (including phenoxy) is 4. The second-order valence-electron chi connectivity index (χ2n) is 6.26. The van der Waals surface area contributed by atoms with Crippen LogP contribution in [0.15, 0.2) is 35.7 Å². The molecule has 0 aliphatic rings. The van der Waals surface area contributed by atoms with Crippen molar-refractivity contribution in [2.75, 3.05) is 38.5 Å². The third kappa shape index (κ3) is 6.68. The number of halogens is 3. The van der Waals surface area contributed by atoms with E-state index in [1.165, 1.54) is 58.8 Å². The van der Waals surface area contributed by atoms with Crippen molar-refractivity contribution >= 4 is 33.4 Å². The minimum Gasteiger partial charge on any atom is -0.496 e. The number of nitrogens with one attached hydrogen (secondary N) is 2. The van der Waals surface area contributed by atoms with E-state index >= 15 is 0 Å². The van der Waals surface area contributed by atoms with Gasteiger partial charge in [0.25, 0.3) is 10.0 Å². The Morgan fingerprint density at radius 3 is 1.97 bits per heavy atom. The van der Waals surface area contributed by atoms with Gasteiger partial charge in [-0.3, -0.25) is 9.52 Å². The van der Waals surface area contributed by atoms with Gasteiger partial charge in [-0.25, -0.2) is 8.42 Å². The molecule has 0 aliphatic carbocycles. The van der Waals surface area contributed by atoms with E-state index in [2.05, 4.69) is 4.72 Å². The molecule has 33 heavy (non-hydrogen) atoms. The average Bonchev–Trinajstić information content (AvgIpc) is 2.76. The van der Waals surface area contributed by atoms with Gasteiger partial charge in [-0.1, -0.05) is 0 Å². The Morgan fingerprint density at radius 1 is 0.909 bits per heavy atom. The Bertz CT molecular complexity index is 1120. The molecule has 0 spiro atoms. The highest BCUT2D eigenvalue weighted by molar-refractivity contribution is 7.95. The molecule has 0 bridgehead atoms. The normalized spacial score (nSPS) is 11.7. The molecule has 9 nitrogen and oxygen atoms in total. The lowest BCUT2D eigenvalue weighted by molar-refractivity contribution is -0.167. The van der Waals surface area contributed by atoms with Crippen LogP contribution < -0.4 is 29.0 Å². The van der Waals surface area contributed by atoms with Crippen LogP contribution in [0.2, 0.25) is 0 Å². The molecule has 0 radical (unpaired) electrons. The third-order valence-electron chi connectivity index (χ3n) is 4.13. The van der Waals surface area contributed by atoms with Crippen molar-refractivity contribution in [1.82, 2.24) is 0 Å². The van der Waals surface area contributed by atoms with Gasteiger partial charge in [0.15, 0.2) is 0 Å². The Labute approximate surface area is 188 Å². The lowest BCUT2D eigenvalue weighted by Gasteiger charge is -2.14. The van der Waals surface area contributed by atoms with Gasteiger partial charge in [0, 0.05) is 12.1 Å². The fourth-order valence-corrected chi connectivity index (χ4v) is 3.45. The predicted octanol–water partition coefficient (Wildman–Crippen LogP) is 3.63. The minimum absolute atomic E-state index is 0.0983. The maximum absolute atomic E-state index is 12.6. The van der Waals surface area contributed by atoms with Gasteiger partial charge in [-0.2, -0.15) is 13.2 Å². The highest BCUT2D eigenvalue weighted by Gasteiger charge is 2.39. The third-order valence-corrected chi connectivity index (χ3v) is 5.15. The summed E-state index contributed by atoms with van der Waals surface area (Å²) in [5.74, 6) is -1.36. The smallest absolute Gasteiger partial charge is 0.471 e. The first-order valence-electron chi connectivity index (χ1n) is 9.01. The standard InChI is InChI=1S/C20H21F3N2O7S/c1-29-13-10-17(31-3)14(18(11-13)32-4)7-8-33(27,28)25-12-5-6-16(30-2)15(9-12)24-19(26)20(21,22)23/h5-11,25H,1-4H3,(H,24,26)/b8-7+. The predicted molar refractivity (Wildman–Crippen MR) is 115 cm³/mol. The lowest BCUT2D eigenvalue weighted by Crippen LogP contribution is -2.30. The quantitative estimate of drug-likeness (QED) is 0.552. The molecule has 13 heteroatoms. The van der Waals surface area contributed by atoms with E-state index in [0.717, 1.165) is 11.5 Å². The summed E-state index contributed by atoms with van der Waals surface area (Å²) in [4.78, 5) is 11.3. The van der Waals surface area contributed by atoms with Crippen LogP contribution in [-0.4, -0.2) is 48.9 Å². The maximum atomic E-state index is 12.6. The van der Waals surface area contributed by atoms with Crippen LogP contribution in [0, 0.1) is 0 Å². The Hall–Kier alpha value is -3.61. The van der Waals surface area contributed by atoms with Crippen molar-refractivity contribution in [3.63, 3.8) is 0 Å². The molecular weight excluding hydrogens is 469 g/mol. The van der Waals surface area contributed by atoms with E-state index in [-0.39, 0.29) is 28.6 Å². The van der Waals surface area contributed by atoms with Crippen molar-refractivity contribution in [2.24, 2.45) is 0 Å². The summed E-state index contributed by atoms with van der Waals surface area (Å²) in [5, 5.41) is 2.46. The van der Waals surface area contributed by atoms with Gasteiger partial charge < -0.3 is 24.3 Å². The monoisotopic (exact) mass is 490 g/mol. The highest BCUT2D eigenvalue weighted by atomic mass is 32.2. The molecule has 0 saturated heterocycles. The Morgan fingerprint density at radius 2 is 1.48 bits per heavy atom. The second-order valence-corrected chi connectivity index (χ2v) is 7.83. The summed E-state index contributed by atoms with van der Waals surface area (Å²) >= 11 is 0. The van der Waals surface area contributed by atoms with E-state index in [0.29, 0.717) is 11.3 Å². The summed E-state index contributed by atoms with van der Waals surface area (Å²) in [7, 11) is 1.25. The van der Waals surface area contributed by atoms with Crippen molar-refractivity contribution in [3.05, 3.63) is 41.3 Å². The molecular formula is C20H21F3N2O7S. The lowest BCUT2D eigenvalue weighted by atomic mass is 10.1. The molecule has 0 unspecified atom stereocenters. The van der Waals surface area contributed by atoms with Crippen LogP contribution in [0.5, 0.6) is 23.0 Å². The van der Waals surface area contributed by atoms with Gasteiger partial charge in [0.1, 0.15) is 23.0 Å². The first-order chi connectivity index (χ1) is 15.4. The van der Waals surface area contributed by atoms with Crippen LogP contribution in [-0.2, 0) is 14.8 Å². The topological polar surface area (TPSA) is 112 Å². The van der Waals surface area contributed by atoms with Crippen LogP contribution >= 0.6 is 0 Å². The van der Waals surface area contributed by atoms with E-state index in [1.54, 1.807) is 5.32 Å². The number of rotatable bonds is 9. The Balaban J connectivity index is 2.34. The molecule has 0 heterocycles. The fraction of sp³-hybridized carbons (Fsp3) is 0.250. The number of sulfonamides is 1. The minimum atomic E-state index is -5.14. The first kappa shape index (κ1) is 25.6. The molecule has 0 saturated carbocycles. The van der Waals surface area contributed by atoms with Crippen molar-refractivity contribution in [3.8, 4) is 23.0 Å².